The van der Waals surface area contributed by atoms with Gasteiger partial charge in [-0.05, 0) is 34.6 Å². The SMILES string of the molecule is Nc1nonc1C(=O)N/N=C\c1ccc(-c2ccc([N+](=O)[O-])cc2)o1. The first-order valence-electron chi connectivity index (χ1n) is 6.80. The van der Waals surface area contributed by atoms with E-state index in [0.29, 0.717) is 17.1 Å². The van der Waals surface area contributed by atoms with Crippen LogP contribution >= 0.6 is 0 Å². The standard InChI is InChI=1S/C14H10N6O5/c15-13-12(18-25-19-13)14(21)17-16-7-10-5-6-11(24-10)8-1-3-9(4-2-8)20(22)23/h1-7H,(H2,15,19)(H,17,21)/b16-7-. The van der Waals surface area contributed by atoms with Gasteiger partial charge in [-0.25, -0.2) is 10.1 Å². The van der Waals surface area contributed by atoms with E-state index >= 15 is 0 Å². The number of nitrogens with one attached hydrogen (secondary N) is 1. The molecule has 0 spiro atoms. The first-order valence-corrected chi connectivity index (χ1v) is 6.80. The molecule has 3 aromatic rings. The van der Waals surface area contributed by atoms with Gasteiger partial charge in [-0.3, -0.25) is 14.9 Å². The zero-order valence-corrected chi connectivity index (χ0v) is 12.4. The van der Waals surface area contributed by atoms with E-state index in [9.17, 15) is 14.9 Å². The van der Waals surface area contributed by atoms with Crippen molar-refractivity contribution >= 4 is 23.6 Å². The third-order valence-electron chi connectivity index (χ3n) is 3.08. The van der Waals surface area contributed by atoms with E-state index in [-0.39, 0.29) is 17.2 Å². The van der Waals surface area contributed by atoms with Crippen molar-refractivity contribution in [3.05, 3.63) is 58.0 Å². The molecule has 3 rings (SSSR count). The van der Waals surface area contributed by atoms with E-state index in [4.69, 9.17) is 10.2 Å². The summed E-state index contributed by atoms with van der Waals surface area (Å²) in [4.78, 5) is 21.8. The van der Waals surface area contributed by atoms with Crippen LogP contribution in [-0.2, 0) is 0 Å². The Hall–Kier alpha value is -4.02. The predicted octanol–water partition coefficient (Wildman–Crippen LogP) is 1.58. The molecule has 126 valence electrons. The zero-order valence-electron chi connectivity index (χ0n) is 12.4. The topological polar surface area (TPSA) is 163 Å². The lowest BCUT2D eigenvalue weighted by atomic mass is 10.1. The van der Waals surface area contributed by atoms with Crippen LogP contribution in [0.25, 0.3) is 11.3 Å². The number of amides is 1. The normalized spacial score (nSPS) is 10.9. The van der Waals surface area contributed by atoms with Crippen molar-refractivity contribution in [2.24, 2.45) is 5.10 Å². The van der Waals surface area contributed by atoms with Gasteiger partial charge < -0.3 is 10.2 Å². The number of anilines is 1. The lowest BCUT2D eigenvalue weighted by Crippen LogP contribution is -2.19. The summed E-state index contributed by atoms with van der Waals surface area (Å²) in [5, 5.41) is 21.0. The molecular weight excluding hydrogens is 332 g/mol. The van der Waals surface area contributed by atoms with Crippen LogP contribution in [0.5, 0.6) is 0 Å². The summed E-state index contributed by atoms with van der Waals surface area (Å²) >= 11 is 0. The molecule has 0 atom stereocenters. The Morgan fingerprint density at radius 2 is 2.00 bits per heavy atom. The molecule has 3 N–H and O–H groups in total. The largest absolute Gasteiger partial charge is 0.455 e. The summed E-state index contributed by atoms with van der Waals surface area (Å²) in [5.74, 6) is 0.0239. The van der Waals surface area contributed by atoms with E-state index in [2.05, 4.69) is 25.5 Å². The second-order valence-corrected chi connectivity index (χ2v) is 4.70. The van der Waals surface area contributed by atoms with Crippen LogP contribution < -0.4 is 11.2 Å². The number of aromatic nitrogens is 2. The molecule has 1 amide bonds. The average Bonchev–Trinajstić information content (AvgIpc) is 3.24. The van der Waals surface area contributed by atoms with Crippen LogP contribution in [0.3, 0.4) is 0 Å². The molecule has 0 fully saturated rings. The first kappa shape index (κ1) is 15.9. The molecule has 0 aliphatic carbocycles. The fourth-order valence-corrected chi connectivity index (χ4v) is 1.89. The minimum Gasteiger partial charge on any atom is -0.455 e. The second kappa shape index (κ2) is 6.62. The van der Waals surface area contributed by atoms with Crippen LogP contribution in [0.1, 0.15) is 16.2 Å². The predicted molar refractivity (Wildman–Crippen MR) is 84.6 cm³/mol. The Balaban J connectivity index is 1.66. The minimum absolute atomic E-state index is 0.0126. The number of hydrogen-bond donors (Lipinski definition) is 2. The number of nitrogens with zero attached hydrogens (tertiary/aromatic N) is 4. The van der Waals surface area contributed by atoms with Gasteiger partial charge in [-0.1, -0.05) is 0 Å². The number of nitro benzene ring substituents is 1. The molecule has 1 aromatic carbocycles. The Kier molecular flexibility index (Phi) is 4.20. The number of carbonyl (C=O) groups is 1. The van der Waals surface area contributed by atoms with Gasteiger partial charge in [-0.2, -0.15) is 5.10 Å². The van der Waals surface area contributed by atoms with Crippen molar-refractivity contribution in [3.63, 3.8) is 0 Å². The number of nitrogen functional groups attached to an aromatic ring is 1. The number of nitro groups is 1. The van der Waals surface area contributed by atoms with Crippen LogP contribution in [0.2, 0.25) is 0 Å². The first-order chi connectivity index (χ1) is 12.0. The Bertz CT molecular complexity index is 943. The van der Waals surface area contributed by atoms with Gasteiger partial charge in [0.2, 0.25) is 11.5 Å². The van der Waals surface area contributed by atoms with E-state index in [1.807, 2.05) is 0 Å². The number of rotatable bonds is 5. The van der Waals surface area contributed by atoms with Gasteiger partial charge in [0.25, 0.3) is 11.6 Å². The quantitative estimate of drug-likeness (QED) is 0.401. The molecule has 0 aliphatic rings. The van der Waals surface area contributed by atoms with Gasteiger partial charge in [0, 0.05) is 17.7 Å². The van der Waals surface area contributed by atoms with Gasteiger partial charge in [-0.15, -0.1) is 0 Å². The highest BCUT2D eigenvalue weighted by atomic mass is 16.6. The van der Waals surface area contributed by atoms with Crippen molar-refractivity contribution in [1.82, 2.24) is 15.7 Å². The number of hydrazone groups is 1. The average molecular weight is 342 g/mol. The highest BCUT2D eigenvalue weighted by Gasteiger charge is 2.15. The van der Waals surface area contributed by atoms with Crippen molar-refractivity contribution in [1.29, 1.82) is 0 Å². The molecule has 0 aliphatic heterocycles. The maximum Gasteiger partial charge on any atom is 0.297 e. The fourth-order valence-electron chi connectivity index (χ4n) is 1.89. The number of non-ortho nitro benzene ring substituents is 1. The Labute approximate surface area is 139 Å². The number of nitrogens with two attached hydrogens (primary N) is 1. The van der Waals surface area contributed by atoms with Gasteiger partial charge in [0.15, 0.2) is 0 Å². The van der Waals surface area contributed by atoms with E-state index < -0.39 is 10.8 Å². The molecule has 0 bridgehead atoms. The maximum atomic E-state index is 11.7. The highest BCUT2D eigenvalue weighted by Crippen LogP contribution is 2.23. The number of carbonyl (C=O) groups excluding carboxylic acids is 1. The molecule has 2 aromatic heterocycles. The van der Waals surface area contributed by atoms with Crippen molar-refractivity contribution in [2.45, 2.75) is 0 Å². The van der Waals surface area contributed by atoms with Crippen molar-refractivity contribution < 1.29 is 18.8 Å². The second-order valence-electron chi connectivity index (χ2n) is 4.70. The van der Waals surface area contributed by atoms with Crippen LogP contribution in [0, 0.1) is 10.1 Å². The zero-order chi connectivity index (χ0) is 17.8. The monoisotopic (exact) mass is 342 g/mol. The molecule has 0 saturated heterocycles. The summed E-state index contributed by atoms with van der Waals surface area (Å²) in [5.41, 5.74) is 8.05. The molecule has 11 heteroatoms. The summed E-state index contributed by atoms with van der Waals surface area (Å²) in [6, 6.07) is 9.19. The molecule has 0 unspecified atom stereocenters. The summed E-state index contributed by atoms with van der Waals surface area (Å²) in [7, 11) is 0. The molecule has 2 heterocycles. The third-order valence-corrected chi connectivity index (χ3v) is 3.08. The number of furan rings is 1. The van der Waals surface area contributed by atoms with E-state index in [1.54, 1.807) is 24.3 Å². The number of hydrogen-bond acceptors (Lipinski definition) is 9. The lowest BCUT2D eigenvalue weighted by molar-refractivity contribution is -0.384. The number of benzene rings is 1. The van der Waals surface area contributed by atoms with Crippen LogP contribution in [0.15, 0.2) is 50.5 Å². The molecule has 25 heavy (non-hydrogen) atoms. The molecule has 0 saturated carbocycles. The summed E-state index contributed by atoms with van der Waals surface area (Å²) in [6.45, 7) is 0. The Morgan fingerprint density at radius 1 is 1.24 bits per heavy atom. The van der Waals surface area contributed by atoms with Gasteiger partial charge in [0.1, 0.15) is 11.5 Å². The van der Waals surface area contributed by atoms with E-state index in [1.165, 1.54) is 18.3 Å². The van der Waals surface area contributed by atoms with E-state index in [0.717, 1.165) is 0 Å². The lowest BCUT2D eigenvalue weighted by Gasteiger charge is -1.96. The van der Waals surface area contributed by atoms with Gasteiger partial charge in [0.05, 0.1) is 11.1 Å². The highest BCUT2D eigenvalue weighted by molar-refractivity contribution is 5.96. The van der Waals surface area contributed by atoms with Crippen molar-refractivity contribution in [2.75, 3.05) is 5.73 Å². The minimum atomic E-state index is -0.683. The maximum absolute atomic E-state index is 11.7. The molecule has 11 nitrogen and oxygen atoms in total. The van der Waals surface area contributed by atoms with Crippen LogP contribution in [0.4, 0.5) is 11.5 Å². The van der Waals surface area contributed by atoms with Gasteiger partial charge >= 0.3 is 0 Å². The fraction of sp³-hybridized carbons (Fsp3) is 0. The smallest absolute Gasteiger partial charge is 0.297 e. The third kappa shape index (κ3) is 3.50. The van der Waals surface area contributed by atoms with Crippen LogP contribution in [-0.4, -0.2) is 27.4 Å². The Morgan fingerprint density at radius 3 is 2.64 bits per heavy atom. The summed E-state index contributed by atoms with van der Waals surface area (Å²) in [6.07, 6.45) is 1.27. The summed E-state index contributed by atoms with van der Waals surface area (Å²) < 4.78 is 9.83. The molecular formula is C14H10N6O5. The molecule has 0 radical (unpaired) electrons. The van der Waals surface area contributed by atoms with Crippen molar-refractivity contribution in [3.8, 4) is 11.3 Å².